The van der Waals surface area contributed by atoms with Gasteiger partial charge in [-0.3, -0.25) is 9.36 Å². The van der Waals surface area contributed by atoms with Crippen LogP contribution >= 0.6 is 0 Å². The minimum atomic E-state index is -1.16. The fraction of sp³-hybridized carbons (Fsp3) is 0.357. The second-order valence-corrected chi connectivity index (χ2v) is 9.76. The Hall–Kier alpha value is -4.06. The number of anilines is 1. The van der Waals surface area contributed by atoms with Gasteiger partial charge in [0.2, 0.25) is 0 Å². The summed E-state index contributed by atoms with van der Waals surface area (Å²) in [5, 5.41) is 27.2. The van der Waals surface area contributed by atoms with Crippen molar-refractivity contribution in [1.82, 2.24) is 24.8 Å². The summed E-state index contributed by atoms with van der Waals surface area (Å²) in [7, 11) is 0. The maximum atomic E-state index is 13.2. The third-order valence-electron chi connectivity index (χ3n) is 7.28. The van der Waals surface area contributed by atoms with Crippen LogP contribution in [0.3, 0.4) is 0 Å². The quantitative estimate of drug-likeness (QED) is 0.268. The van der Waals surface area contributed by atoms with Crippen LogP contribution in [0.1, 0.15) is 34.6 Å². The van der Waals surface area contributed by atoms with Gasteiger partial charge in [0.15, 0.2) is 23.2 Å². The summed E-state index contributed by atoms with van der Waals surface area (Å²) < 4.78 is 13.2. The van der Waals surface area contributed by atoms with Gasteiger partial charge < -0.3 is 30.3 Å². The Bertz CT molecular complexity index is 1470. The van der Waals surface area contributed by atoms with Gasteiger partial charge in [0.1, 0.15) is 30.3 Å². The first-order valence-electron chi connectivity index (χ1n) is 13.0. The molecule has 202 valence electrons. The molecule has 3 heterocycles. The first kappa shape index (κ1) is 25.2. The normalized spacial score (nSPS) is 22.6. The average molecular weight is 531 g/mol. The molecule has 2 aliphatic rings. The fourth-order valence-electron chi connectivity index (χ4n) is 5.42. The molecule has 0 bridgehead atoms. The molecular formula is C28H30N6O5. The van der Waals surface area contributed by atoms with Gasteiger partial charge in [-0.25, -0.2) is 15.0 Å². The van der Waals surface area contributed by atoms with E-state index in [1.807, 2.05) is 19.1 Å². The van der Waals surface area contributed by atoms with Gasteiger partial charge in [-0.15, -0.1) is 0 Å². The van der Waals surface area contributed by atoms with Gasteiger partial charge in [0.25, 0.3) is 5.91 Å². The summed E-state index contributed by atoms with van der Waals surface area (Å²) in [6, 6.07) is 14.5. The number of benzene rings is 2. The van der Waals surface area contributed by atoms with Crippen LogP contribution < -0.4 is 15.4 Å². The molecule has 4 aromatic rings. The third-order valence-corrected chi connectivity index (χ3v) is 7.28. The largest absolute Gasteiger partial charge is 0.494 e. The Kier molecular flexibility index (Phi) is 6.86. The van der Waals surface area contributed by atoms with Crippen LogP contribution in [0.25, 0.3) is 11.2 Å². The van der Waals surface area contributed by atoms with E-state index in [1.165, 1.54) is 17.5 Å². The molecule has 0 unspecified atom stereocenters. The van der Waals surface area contributed by atoms with Crippen LogP contribution in [-0.4, -0.2) is 73.1 Å². The summed E-state index contributed by atoms with van der Waals surface area (Å²) in [4.78, 5) is 26.6. The Morgan fingerprint density at radius 3 is 2.67 bits per heavy atom. The molecule has 39 heavy (non-hydrogen) atoms. The van der Waals surface area contributed by atoms with E-state index in [-0.39, 0.29) is 6.04 Å². The van der Waals surface area contributed by atoms with E-state index >= 15 is 0 Å². The van der Waals surface area contributed by atoms with Gasteiger partial charge in [0, 0.05) is 11.6 Å². The summed E-state index contributed by atoms with van der Waals surface area (Å²) in [6.45, 7) is 1.92. The molecule has 0 saturated carbocycles. The zero-order valence-electron chi connectivity index (χ0n) is 21.4. The second kappa shape index (κ2) is 10.6. The highest BCUT2D eigenvalue weighted by Gasteiger charge is 2.46. The van der Waals surface area contributed by atoms with Crippen molar-refractivity contribution in [3.05, 3.63) is 77.9 Å². The maximum Gasteiger partial charge on any atom is 0.251 e. The van der Waals surface area contributed by atoms with Crippen molar-refractivity contribution in [3.63, 3.8) is 0 Å². The highest BCUT2D eigenvalue weighted by Crippen LogP contribution is 2.33. The molecule has 0 spiro atoms. The number of nitrogens with zero attached hydrogens (tertiary/aromatic N) is 4. The average Bonchev–Trinajstić information content (AvgIpc) is 3.64. The Labute approximate surface area is 224 Å². The number of fused-ring (bicyclic) bond motifs is 2. The number of hydrogen-bond acceptors (Lipinski definition) is 9. The number of nitrogens with one attached hydrogen (secondary N) is 2. The summed E-state index contributed by atoms with van der Waals surface area (Å²) in [5.74, 6) is 0.762. The van der Waals surface area contributed by atoms with Crippen molar-refractivity contribution in [2.45, 2.75) is 50.3 Å². The van der Waals surface area contributed by atoms with E-state index in [9.17, 15) is 15.0 Å². The number of carbonyl (C=O) groups is 1. The lowest BCUT2D eigenvalue weighted by Crippen LogP contribution is -2.46. The molecule has 2 aromatic carbocycles. The molecule has 4 atom stereocenters. The Morgan fingerprint density at radius 1 is 1.13 bits per heavy atom. The minimum absolute atomic E-state index is 0.175. The lowest BCUT2D eigenvalue weighted by molar-refractivity contribution is -0.0440. The summed E-state index contributed by atoms with van der Waals surface area (Å²) in [6.07, 6.45) is 1.86. The zero-order valence-corrected chi connectivity index (χ0v) is 21.4. The molecule has 4 N–H and O–H groups in total. The molecule has 11 heteroatoms. The lowest BCUT2D eigenvalue weighted by atomic mass is 10.1. The van der Waals surface area contributed by atoms with E-state index in [0.29, 0.717) is 34.9 Å². The van der Waals surface area contributed by atoms with Crippen LogP contribution in [-0.2, 0) is 17.6 Å². The smallest absolute Gasteiger partial charge is 0.251 e. The first-order chi connectivity index (χ1) is 19.1. The monoisotopic (exact) mass is 530 g/mol. The predicted molar refractivity (Wildman–Crippen MR) is 142 cm³/mol. The molecule has 2 aromatic heterocycles. The summed E-state index contributed by atoms with van der Waals surface area (Å²) >= 11 is 0. The third kappa shape index (κ3) is 4.80. The van der Waals surface area contributed by atoms with Gasteiger partial charge in [-0.2, -0.15) is 0 Å². The van der Waals surface area contributed by atoms with E-state index in [4.69, 9.17) is 9.47 Å². The number of hydrogen-bond donors (Lipinski definition) is 4. The Balaban J connectivity index is 1.26. The SMILES string of the molecule is CCOc1cccc(C(=O)N[C@@H]2[C@H](O)[C@@H](CO)O[C@H]2n2cnc3c(NC4Cc5ccccc5C4)ncnc32)c1. The number of ether oxygens (including phenoxy) is 2. The van der Waals surface area contributed by atoms with Crippen LogP contribution in [0.15, 0.2) is 61.2 Å². The highest BCUT2D eigenvalue weighted by atomic mass is 16.5. The number of aliphatic hydroxyl groups excluding tert-OH is 2. The van der Waals surface area contributed by atoms with E-state index in [1.54, 1.807) is 35.2 Å². The van der Waals surface area contributed by atoms with Crippen molar-refractivity contribution in [2.75, 3.05) is 18.5 Å². The van der Waals surface area contributed by atoms with Crippen molar-refractivity contribution in [1.29, 1.82) is 0 Å². The Morgan fingerprint density at radius 2 is 1.92 bits per heavy atom. The molecular weight excluding hydrogens is 500 g/mol. The maximum absolute atomic E-state index is 13.2. The van der Waals surface area contributed by atoms with Crippen molar-refractivity contribution in [3.8, 4) is 5.75 Å². The first-order valence-corrected chi connectivity index (χ1v) is 13.0. The zero-order chi connectivity index (χ0) is 26.9. The van der Waals surface area contributed by atoms with Gasteiger partial charge in [0.05, 0.1) is 19.5 Å². The van der Waals surface area contributed by atoms with Gasteiger partial charge >= 0.3 is 0 Å². The number of carbonyl (C=O) groups excluding carboxylic acids is 1. The molecule has 0 radical (unpaired) electrons. The lowest BCUT2D eigenvalue weighted by Gasteiger charge is -2.23. The standard InChI is InChI=1S/C28H30N6O5/c1-2-38-20-9-5-8-18(12-20)27(37)33-22-24(36)21(13-35)39-28(22)34-15-31-23-25(29-14-30-26(23)34)32-19-10-16-6-3-4-7-17(16)11-19/h3-9,12,14-15,19,21-22,24,28,35-36H,2,10-11,13H2,1H3,(H,33,37)(H,29,30,32)/t21-,22-,24-,28-/m1/s1. The van der Waals surface area contributed by atoms with E-state index in [0.717, 1.165) is 12.8 Å². The van der Waals surface area contributed by atoms with Crippen molar-refractivity contribution < 1.29 is 24.5 Å². The number of aromatic nitrogens is 4. The summed E-state index contributed by atoms with van der Waals surface area (Å²) in [5.41, 5.74) is 4.05. The van der Waals surface area contributed by atoms with Gasteiger partial charge in [-0.1, -0.05) is 30.3 Å². The molecule has 1 amide bonds. The number of amides is 1. The molecule has 1 fully saturated rings. The van der Waals surface area contributed by atoms with Crippen LogP contribution in [0.2, 0.25) is 0 Å². The van der Waals surface area contributed by atoms with Gasteiger partial charge in [-0.05, 0) is 49.1 Å². The molecule has 1 aliphatic carbocycles. The van der Waals surface area contributed by atoms with E-state index < -0.39 is 37.0 Å². The number of imidazole rings is 1. The molecule has 6 rings (SSSR count). The van der Waals surface area contributed by atoms with Crippen molar-refractivity contribution in [2.24, 2.45) is 0 Å². The van der Waals surface area contributed by atoms with Crippen molar-refractivity contribution >= 4 is 22.9 Å². The topological polar surface area (TPSA) is 144 Å². The number of aliphatic hydroxyl groups is 2. The molecule has 1 aliphatic heterocycles. The molecule has 1 saturated heterocycles. The van der Waals surface area contributed by atoms with Crippen LogP contribution in [0.5, 0.6) is 5.75 Å². The minimum Gasteiger partial charge on any atom is -0.494 e. The van der Waals surface area contributed by atoms with Crippen LogP contribution in [0.4, 0.5) is 5.82 Å². The van der Waals surface area contributed by atoms with Crippen LogP contribution in [0, 0.1) is 0 Å². The second-order valence-electron chi connectivity index (χ2n) is 9.76. The fourth-order valence-corrected chi connectivity index (χ4v) is 5.42. The molecule has 11 nitrogen and oxygen atoms in total. The highest BCUT2D eigenvalue weighted by molar-refractivity contribution is 5.95. The predicted octanol–water partition coefficient (Wildman–Crippen LogP) is 1.85. The van der Waals surface area contributed by atoms with E-state index in [2.05, 4.69) is 37.7 Å². The number of rotatable bonds is 8.